The molecule has 1 rings (SSSR count). The van der Waals surface area contributed by atoms with Crippen molar-refractivity contribution in [1.82, 2.24) is 0 Å². The zero-order chi connectivity index (χ0) is 12.0. The van der Waals surface area contributed by atoms with Gasteiger partial charge in [0.05, 0.1) is 13.2 Å². The molecule has 3 heteroatoms. The molecule has 3 nitrogen and oxygen atoms in total. The van der Waals surface area contributed by atoms with E-state index in [1.165, 1.54) is 5.56 Å². The van der Waals surface area contributed by atoms with Crippen molar-refractivity contribution < 1.29 is 9.47 Å². The summed E-state index contributed by atoms with van der Waals surface area (Å²) in [5.41, 5.74) is 6.84. The molecule has 0 fully saturated rings. The second-order valence-electron chi connectivity index (χ2n) is 3.71. The van der Waals surface area contributed by atoms with Gasteiger partial charge in [0.2, 0.25) is 0 Å². The molecule has 0 saturated heterocycles. The first kappa shape index (κ1) is 12.8. The van der Waals surface area contributed by atoms with Crippen molar-refractivity contribution >= 4 is 0 Å². The molecule has 0 bridgehead atoms. The van der Waals surface area contributed by atoms with E-state index < -0.39 is 0 Å². The number of hydrogen-bond acceptors (Lipinski definition) is 3. The van der Waals surface area contributed by atoms with Crippen LogP contribution in [0.2, 0.25) is 0 Å². The van der Waals surface area contributed by atoms with Gasteiger partial charge in [-0.15, -0.1) is 0 Å². The summed E-state index contributed by atoms with van der Waals surface area (Å²) in [6, 6.07) is 6.02. The lowest BCUT2D eigenvalue weighted by atomic mass is 10.0. The molecule has 0 saturated carbocycles. The fourth-order valence-electron chi connectivity index (χ4n) is 1.51. The molecule has 0 amide bonds. The highest BCUT2D eigenvalue weighted by atomic mass is 16.5. The van der Waals surface area contributed by atoms with E-state index in [4.69, 9.17) is 15.2 Å². The van der Waals surface area contributed by atoms with Crippen LogP contribution in [0.3, 0.4) is 0 Å². The zero-order valence-electron chi connectivity index (χ0n) is 10.3. The molecule has 90 valence electrons. The Bertz CT molecular complexity index is 326. The first-order valence-corrected chi connectivity index (χ1v) is 5.82. The van der Waals surface area contributed by atoms with Crippen LogP contribution in [0.5, 0.6) is 11.5 Å². The van der Waals surface area contributed by atoms with Gasteiger partial charge in [0.1, 0.15) is 0 Å². The average molecular weight is 223 g/mol. The average Bonchev–Trinajstić information content (AvgIpc) is 2.31. The third-order valence-corrected chi connectivity index (χ3v) is 2.49. The van der Waals surface area contributed by atoms with Crippen molar-refractivity contribution in [1.29, 1.82) is 0 Å². The number of rotatable bonds is 6. The molecule has 0 aliphatic heterocycles. The van der Waals surface area contributed by atoms with Crippen LogP contribution in [0.15, 0.2) is 18.2 Å². The maximum Gasteiger partial charge on any atom is 0.161 e. The summed E-state index contributed by atoms with van der Waals surface area (Å²) in [7, 11) is 0. The van der Waals surface area contributed by atoms with E-state index in [1.807, 2.05) is 32.0 Å². The summed E-state index contributed by atoms with van der Waals surface area (Å²) in [6.45, 7) is 7.96. The SMILES string of the molecule is CCOc1ccc(C(C)CN)cc1OCC. The first-order valence-electron chi connectivity index (χ1n) is 5.82. The summed E-state index contributed by atoms with van der Waals surface area (Å²) in [4.78, 5) is 0. The van der Waals surface area contributed by atoms with Gasteiger partial charge in [-0.2, -0.15) is 0 Å². The van der Waals surface area contributed by atoms with Gasteiger partial charge in [0, 0.05) is 0 Å². The molecule has 16 heavy (non-hydrogen) atoms. The lowest BCUT2D eigenvalue weighted by Crippen LogP contribution is -2.09. The molecule has 0 aliphatic rings. The molecule has 0 aliphatic carbocycles. The molecule has 1 aromatic rings. The minimum Gasteiger partial charge on any atom is -0.490 e. The smallest absolute Gasteiger partial charge is 0.161 e. The molecule has 2 N–H and O–H groups in total. The molecule has 0 aromatic heterocycles. The van der Waals surface area contributed by atoms with Crippen molar-refractivity contribution in [2.75, 3.05) is 19.8 Å². The summed E-state index contributed by atoms with van der Waals surface area (Å²) in [6.07, 6.45) is 0. The summed E-state index contributed by atoms with van der Waals surface area (Å²) < 4.78 is 11.1. The highest BCUT2D eigenvalue weighted by Crippen LogP contribution is 2.30. The van der Waals surface area contributed by atoms with E-state index in [1.54, 1.807) is 0 Å². The van der Waals surface area contributed by atoms with Crippen LogP contribution < -0.4 is 15.2 Å². The molecular formula is C13H21NO2. The number of hydrogen-bond donors (Lipinski definition) is 1. The monoisotopic (exact) mass is 223 g/mol. The lowest BCUT2D eigenvalue weighted by molar-refractivity contribution is 0.287. The summed E-state index contributed by atoms with van der Waals surface area (Å²) in [5.74, 6) is 1.95. The third kappa shape index (κ3) is 3.14. The minimum atomic E-state index is 0.342. The maximum absolute atomic E-state index is 5.65. The second-order valence-corrected chi connectivity index (χ2v) is 3.71. The highest BCUT2D eigenvalue weighted by molar-refractivity contribution is 5.44. The zero-order valence-corrected chi connectivity index (χ0v) is 10.3. The first-order chi connectivity index (χ1) is 7.72. The fourth-order valence-corrected chi connectivity index (χ4v) is 1.51. The molecule has 0 radical (unpaired) electrons. The van der Waals surface area contributed by atoms with Crippen LogP contribution >= 0.6 is 0 Å². The largest absolute Gasteiger partial charge is 0.490 e. The Morgan fingerprint density at radius 3 is 2.31 bits per heavy atom. The molecule has 1 atom stereocenters. The number of ether oxygens (including phenoxy) is 2. The van der Waals surface area contributed by atoms with Crippen LogP contribution in [-0.4, -0.2) is 19.8 Å². The van der Waals surface area contributed by atoms with E-state index in [0.29, 0.717) is 25.7 Å². The molecule has 1 unspecified atom stereocenters. The van der Waals surface area contributed by atoms with Gasteiger partial charge in [-0.3, -0.25) is 0 Å². The number of nitrogens with two attached hydrogens (primary N) is 1. The van der Waals surface area contributed by atoms with Crippen molar-refractivity contribution in [2.24, 2.45) is 5.73 Å². The van der Waals surface area contributed by atoms with Crippen LogP contribution in [0.4, 0.5) is 0 Å². The van der Waals surface area contributed by atoms with E-state index in [2.05, 4.69) is 6.92 Å². The Balaban J connectivity index is 2.96. The van der Waals surface area contributed by atoms with Crippen molar-refractivity contribution in [2.45, 2.75) is 26.7 Å². The van der Waals surface area contributed by atoms with Crippen molar-refractivity contribution in [3.63, 3.8) is 0 Å². The molecule has 0 heterocycles. The molecule has 1 aromatic carbocycles. The molecular weight excluding hydrogens is 202 g/mol. The Kier molecular flexibility index (Phi) is 5.12. The Hall–Kier alpha value is -1.22. The van der Waals surface area contributed by atoms with Gasteiger partial charge in [-0.1, -0.05) is 13.0 Å². The topological polar surface area (TPSA) is 44.5 Å². The quantitative estimate of drug-likeness (QED) is 0.806. The Morgan fingerprint density at radius 1 is 1.12 bits per heavy atom. The van der Waals surface area contributed by atoms with E-state index in [9.17, 15) is 0 Å². The van der Waals surface area contributed by atoms with Gasteiger partial charge in [-0.05, 0) is 44.0 Å². The van der Waals surface area contributed by atoms with E-state index >= 15 is 0 Å². The minimum absolute atomic E-state index is 0.342. The Labute approximate surface area is 97.6 Å². The van der Waals surface area contributed by atoms with E-state index in [-0.39, 0.29) is 0 Å². The highest BCUT2D eigenvalue weighted by Gasteiger charge is 2.09. The van der Waals surface area contributed by atoms with Crippen molar-refractivity contribution in [3.05, 3.63) is 23.8 Å². The maximum atomic E-state index is 5.65. The molecule has 0 spiro atoms. The predicted octanol–water partition coefficient (Wildman–Crippen LogP) is 2.55. The van der Waals surface area contributed by atoms with Gasteiger partial charge in [0.15, 0.2) is 11.5 Å². The second kappa shape index (κ2) is 6.38. The number of benzene rings is 1. The third-order valence-electron chi connectivity index (χ3n) is 2.49. The van der Waals surface area contributed by atoms with Crippen LogP contribution in [0.25, 0.3) is 0 Å². The summed E-state index contributed by atoms with van der Waals surface area (Å²) >= 11 is 0. The van der Waals surface area contributed by atoms with Gasteiger partial charge < -0.3 is 15.2 Å². The van der Waals surface area contributed by atoms with Gasteiger partial charge in [0.25, 0.3) is 0 Å². The standard InChI is InChI=1S/C13H21NO2/c1-4-15-12-7-6-11(10(3)9-14)8-13(12)16-5-2/h6-8,10H,4-5,9,14H2,1-3H3. The lowest BCUT2D eigenvalue weighted by Gasteiger charge is -2.15. The normalized spacial score (nSPS) is 12.2. The van der Waals surface area contributed by atoms with Crippen molar-refractivity contribution in [3.8, 4) is 11.5 Å². The van der Waals surface area contributed by atoms with Crippen LogP contribution in [0.1, 0.15) is 32.3 Å². The Morgan fingerprint density at radius 2 is 1.75 bits per heavy atom. The van der Waals surface area contributed by atoms with Gasteiger partial charge in [-0.25, -0.2) is 0 Å². The fraction of sp³-hybridized carbons (Fsp3) is 0.538. The summed E-state index contributed by atoms with van der Waals surface area (Å²) in [5, 5.41) is 0. The van der Waals surface area contributed by atoms with Crippen LogP contribution in [0, 0.1) is 0 Å². The van der Waals surface area contributed by atoms with Gasteiger partial charge >= 0.3 is 0 Å². The predicted molar refractivity (Wildman–Crippen MR) is 66.2 cm³/mol. The van der Waals surface area contributed by atoms with E-state index in [0.717, 1.165) is 11.5 Å². The van der Waals surface area contributed by atoms with Crippen LogP contribution in [-0.2, 0) is 0 Å².